The van der Waals surface area contributed by atoms with E-state index >= 15 is 0 Å². The van der Waals surface area contributed by atoms with Crippen molar-refractivity contribution < 1.29 is 9.53 Å². The van der Waals surface area contributed by atoms with Gasteiger partial charge in [-0.3, -0.25) is 9.36 Å². The van der Waals surface area contributed by atoms with Gasteiger partial charge < -0.3 is 4.74 Å². The molecule has 202 valence electrons. The average Bonchev–Trinajstić information content (AvgIpc) is 3.44. The summed E-state index contributed by atoms with van der Waals surface area (Å²) in [6, 6.07) is 34.3. The Hall–Kier alpha value is -4.95. The van der Waals surface area contributed by atoms with Crippen molar-refractivity contribution in [1.82, 2.24) is 20.2 Å². The third-order valence-corrected chi connectivity index (χ3v) is 7.73. The Balaban J connectivity index is 1.23. The predicted molar refractivity (Wildman–Crippen MR) is 166 cm³/mol. The van der Waals surface area contributed by atoms with Gasteiger partial charge >= 0.3 is 0 Å². The predicted octanol–water partition coefficient (Wildman–Crippen LogP) is 6.80. The zero-order chi connectivity index (χ0) is 28.2. The van der Waals surface area contributed by atoms with E-state index in [1.165, 1.54) is 11.8 Å². The van der Waals surface area contributed by atoms with Crippen LogP contribution >= 0.6 is 11.8 Å². The summed E-state index contributed by atoms with van der Waals surface area (Å²) in [6.07, 6.45) is 1.73. The first-order valence-corrected chi connectivity index (χ1v) is 14.1. The molecule has 0 atom stereocenters. The van der Waals surface area contributed by atoms with E-state index in [4.69, 9.17) is 4.74 Å². The van der Waals surface area contributed by atoms with Crippen LogP contribution in [0, 0.1) is 6.92 Å². The fourth-order valence-corrected chi connectivity index (χ4v) is 5.48. The van der Waals surface area contributed by atoms with E-state index < -0.39 is 0 Å². The van der Waals surface area contributed by atoms with Crippen LogP contribution in [0.2, 0.25) is 0 Å². The molecule has 8 heteroatoms. The minimum atomic E-state index is -0.236. The Morgan fingerprint density at radius 1 is 0.902 bits per heavy atom. The van der Waals surface area contributed by atoms with Gasteiger partial charge in [0.25, 0.3) is 5.91 Å². The molecule has 41 heavy (non-hydrogen) atoms. The molecule has 0 bridgehead atoms. The van der Waals surface area contributed by atoms with Crippen molar-refractivity contribution in [2.45, 2.75) is 12.1 Å². The third kappa shape index (κ3) is 5.55. The molecule has 5 aromatic carbocycles. The lowest BCUT2D eigenvalue weighted by molar-refractivity contribution is -0.118. The maximum Gasteiger partial charge on any atom is 0.250 e. The number of hydrazone groups is 1. The third-order valence-electron chi connectivity index (χ3n) is 6.80. The second-order valence-corrected chi connectivity index (χ2v) is 10.5. The second kappa shape index (κ2) is 11.7. The molecule has 0 fully saturated rings. The normalized spacial score (nSPS) is 11.4. The van der Waals surface area contributed by atoms with Gasteiger partial charge in [-0.15, -0.1) is 10.2 Å². The second-order valence-electron chi connectivity index (χ2n) is 9.52. The van der Waals surface area contributed by atoms with Crippen LogP contribution in [0.1, 0.15) is 11.1 Å². The molecule has 0 aliphatic carbocycles. The largest absolute Gasteiger partial charge is 0.497 e. The van der Waals surface area contributed by atoms with E-state index in [1.54, 1.807) is 13.3 Å². The molecule has 1 aromatic heterocycles. The summed E-state index contributed by atoms with van der Waals surface area (Å²) in [4.78, 5) is 12.9. The minimum Gasteiger partial charge on any atom is -0.497 e. The maximum absolute atomic E-state index is 12.9. The van der Waals surface area contributed by atoms with Crippen LogP contribution in [0.4, 0.5) is 0 Å². The quantitative estimate of drug-likeness (QED) is 0.0963. The molecule has 0 unspecified atom stereocenters. The van der Waals surface area contributed by atoms with Gasteiger partial charge in [-0.1, -0.05) is 78.0 Å². The van der Waals surface area contributed by atoms with E-state index in [0.29, 0.717) is 11.0 Å². The standard InChI is InChI=1S/C33H27N5O2S/c1-22-11-15-26(16-12-22)38-32(23-13-17-27(40-2)18-14-23)36-37-33(38)41-21-31(39)35-34-20-30-28-9-5-3-7-24(28)19-25-8-4-6-10-29(25)30/h3-20H,21H2,1-2H3,(H,35,39)/b34-20+. The van der Waals surface area contributed by atoms with Crippen molar-refractivity contribution in [3.05, 3.63) is 114 Å². The summed E-state index contributed by atoms with van der Waals surface area (Å²) in [6.45, 7) is 2.04. The number of thioether (sulfide) groups is 1. The van der Waals surface area contributed by atoms with Gasteiger partial charge in [0.2, 0.25) is 0 Å². The van der Waals surface area contributed by atoms with Gasteiger partial charge in [0.05, 0.1) is 19.1 Å². The molecule has 1 heterocycles. The smallest absolute Gasteiger partial charge is 0.250 e. The number of aromatic nitrogens is 3. The number of carbonyl (C=O) groups excluding carboxylic acids is 1. The Morgan fingerprint density at radius 3 is 2.22 bits per heavy atom. The number of benzene rings is 5. The number of nitrogens with one attached hydrogen (secondary N) is 1. The Kier molecular flexibility index (Phi) is 7.47. The van der Waals surface area contributed by atoms with Gasteiger partial charge in [0.1, 0.15) is 5.75 Å². The number of fused-ring (bicyclic) bond motifs is 2. The zero-order valence-electron chi connectivity index (χ0n) is 22.6. The maximum atomic E-state index is 12.9. The van der Waals surface area contributed by atoms with Crippen LogP contribution in [-0.4, -0.2) is 39.7 Å². The van der Waals surface area contributed by atoms with Crippen molar-refractivity contribution in [1.29, 1.82) is 0 Å². The summed E-state index contributed by atoms with van der Waals surface area (Å²) in [5.74, 6) is 1.33. The number of rotatable bonds is 8. The first-order valence-electron chi connectivity index (χ1n) is 13.1. The molecule has 0 saturated heterocycles. The molecule has 0 aliphatic rings. The molecular formula is C33H27N5O2S. The monoisotopic (exact) mass is 557 g/mol. The van der Waals surface area contributed by atoms with E-state index in [0.717, 1.165) is 49.7 Å². The number of methoxy groups -OCH3 is 1. The van der Waals surface area contributed by atoms with Crippen molar-refractivity contribution >= 4 is 45.4 Å². The fourth-order valence-electron chi connectivity index (χ4n) is 4.74. The van der Waals surface area contributed by atoms with Crippen molar-refractivity contribution in [2.75, 3.05) is 12.9 Å². The van der Waals surface area contributed by atoms with E-state index in [9.17, 15) is 4.79 Å². The van der Waals surface area contributed by atoms with Crippen LogP contribution < -0.4 is 10.2 Å². The molecule has 1 amide bonds. The number of nitrogens with zero attached hydrogens (tertiary/aromatic N) is 4. The Morgan fingerprint density at radius 2 is 1.56 bits per heavy atom. The summed E-state index contributed by atoms with van der Waals surface area (Å²) in [5.41, 5.74) is 6.61. The number of hydrogen-bond acceptors (Lipinski definition) is 6. The van der Waals surface area contributed by atoms with Gasteiger partial charge in [-0.2, -0.15) is 5.10 Å². The van der Waals surface area contributed by atoms with E-state index in [2.05, 4.69) is 51.1 Å². The average molecular weight is 558 g/mol. The SMILES string of the molecule is COc1ccc(-c2nnc(SCC(=O)N/N=C/c3c4ccccc4cc4ccccc34)n2-c2ccc(C)cc2)cc1. The van der Waals surface area contributed by atoms with Crippen molar-refractivity contribution in [3.63, 3.8) is 0 Å². The molecule has 7 nitrogen and oxygen atoms in total. The lowest BCUT2D eigenvalue weighted by Crippen LogP contribution is -2.20. The highest BCUT2D eigenvalue weighted by Crippen LogP contribution is 2.30. The van der Waals surface area contributed by atoms with Crippen LogP contribution in [-0.2, 0) is 4.79 Å². The first-order chi connectivity index (χ1) is 20.1. The summed E-state index contributed by atoms with van der Waals surface area (Å²) in [7, 11) is 1.64. The lowest BCUT2D eigenvalue weighted by atomic mass is 9.97. The number of hydrogen-bond donors (Lipinski definition) is 1. The van der Waals surface area contributed by atoms with Crippen LogP contribution in [0.25, 0.3) is 38.6 Å². The van der Waals surface area contributed by atoms with Crippen LogP contribution in [0.15, 0.2) is 113 Å². The Labute approximate surface area is 241 Å². The molecule has 0 aliphatic heterocycles. The highest BCUT2D eigenvalue weighted by molar-refractivity contribution is 7.99. The molecule has 0 saturated carbocycles. The first kappa shape index (κ1) is 26.3. The molecule has 1 N–H and O–H groups in total. The lowest BCUT2D eigenvalue weighted by Gasteiger charge is -2.11. The number of ether oxygens (including phenoxy) is 1. The zero-order valence-corrected chi connectivity index (χ0v) is 23.4. The minimum absolute atomic E-state index is 0.125. The van der Waals surface area contributed by atoms with Gasteiger partial charge in [-0.25, -0.2) is 5.43 Å². The highest BCUT2D eigenvalue weighted by Gasteiger charge is 2.17. The topological polar surface area (TPSA) is 81.4 Å². The van der Waals surface area contributed by atoms with Gasteiger partial charge in [0.15, 0.2) is 11.0 Å². The van der Waals surface area contributed by atoms with E-state index in [1.807, 2.05) is 84.3 Å². The van der Waals surface area contributed by atoms with Crippen molar-refractivity contribution in [3.8, 4) is 22.8 Å². The summed E-state index contributed by atoms with van der Waals surface area (Å²) >= 11 is 1.31. The van der Waals surface area contributed by atoms with Crippen LogP contribution in [0.5, 0.6) is 5.75 Å². The molecule has 6 rings (SSSR count). The number of carbonyl (C=O) groups is 1. The van der Waals surface area contributed by atoms with Gasteiger partial charge in [0, 0.05) is 16.8 Å². The van der Waals surface area contributed by atoms with Crippen molar-refractivity contribution in [2.24, 2.45) is 5.10 Å². The highest BCUT2D eigenvalue weighted by atomic mass is 32.2. The fraction of sp³-hybridized carbons (Fsp3) is 0.0909. The van der Waals surface area contributed by atoms with Crippen LogP contribution in [0.3, 0.4) is 0 Å². The Bertz CT molecular complexity index is 1830. The molecule has 6 aromatic rings. The molecule has 0 spiro atoms. The number of amides is 1. The van der Waals surface area contributed by atoms with E-state index in [-0.39, 0.29) is 11.7 Å². The summed E-state index contributed by atoms with van der Waals surface area (Å²) in [5, 5.41) is 18.2. The number of aryl methyl sites for hydroxylation is 1. The summed E-state index contributed by atoms with van der Waals surface area (Å²) < 4.78 is 7.27. The molecular weight excluding hydrogens is 530 g/mol. The molecule has 0 radical (unpaired) electrons. The van der Waals surface area contributed by atoms with Gasteiger partial charge in [-0.05, 0) is 70.9 Å².